The highest BCUT2D eigenvalue weighted by Crippen LogP contribution is 2.34. The maximum absolute atomic E-state index is 13.1. The highest BCUT2D eigenvalue weighted by atomic mass is 16.5. The molecule has 152 valence electrons. The Morgan fingerprint density at radius 1 is 1.28 bits per heavy atom. The minimum absolute atomic E-state index is 0.240. The van der Waals surface area contributed by atoms with E-state index in [4.69, 9.17) is 4.74 Å². The summed E-state index contributed by atoms with van der Waals surface area (Å²) in [5, 5.41) is 0. The number of ether oxygens (including phenoxy) is 1. The minimum Gasteiger partial charge on any atom is -0.497 e. The molecule has 29 heavy (non-hydrogen) atoms. The van der Waals surface area contributed by atoms with E-state index in [1.807, 2.05) is 33.7 Å². The summed E-state index contributed by atoms with van der Waals surface area (Å²) >= 11 is 0. The summed E-state index contributed by atoms with van der Waals surface area (Å²) < 4.78 is 9.50. The third-order valence-corrected chi connectivity index (χ3v) is 5.19. The molecule has 1 aromatic carbocycles. The molecule has 0 saturated carbocycles. The summed E-state index contributed by atoms with van der Waals surface area (Å²) in [5.74, 6) is 1.30. The van der Waals surface area contributed by atoms with E-state index in [1.54, 1.807) is 14.2 Å². The first-order valence-corrected chi connectivity index (χ1v) is 9.43. The Labute approximate surface area is 166 Å². The molecule has 0 unspecified atom stereocenters. The number of carbonyl (C=O) groups is 1. The van der Waals surface area contributed by atoms with Gasteiger partial charge in [-0.1, -0.05) is 13.0 Å². The summed E-state index contributed by atoms with van der Waals surface area (Å²) in [6.07, 6.45) is 0. The SMILES string of the molecule is COc1cccc(N2C[C@@H](C)Cn3c2nc2c3c(=O)n(CC(C)=O)c(=O)n2C)c1. The van der Waals surface area contributed by atoms with Crippen LogP contribution in [0.2, 0.25) is 0 Å². The van der Waals surface area contributed by atoms with Crippen molar-refractivity contribution in [3.05, 3.63) is 45.1 Å². The molecule has 0 radical (unpaired) electrons. The van der Waals surface area contributed by atoms with Gasteiger partial charge in [-0.25, -0.2) is 4.79 Å². The second kappa shape index (κ2) is 6.91. The van der Waals surface area contributed by atoms with Gasteiger partial charge >= 0.3 is 5.69 Å². The number of imidazole rings is 1. The topological polar surface area (TPSA) is 91.4 Å². The molecule has 3 heterocycles. The summed E-state index contributed by atoms with van der Waals surface area (Å²) in [7, 11) is 3.18. The number of ketones is 1. The molecule has 9 nitrogen and oxygen atoms in total. The van der Waals surface area contributed by atoms with Crippen LogP contribution in [0.4, 0.5) is 11.6 Å². The van der Waals surface area contributed by atoms with Crippen LogP contribution >= 0.6 is 0 Å². The number of aryl methyl sites for hydroxylation is 1. The van der Waals surface area contributed by atoms with Crippen molar-refractivity contribution in [1.82, 2.24) is 18.7 Å². The average molecular weight is 397 g/mol. The fourth-order valence-electron chi connectivity index (χ4n) is 3.86. The number of carbonyl (C=O) groups excluding carboxylic acids is 1. The fourth-order valence-corrected chi connectivity index (χ4v) is 3.86. The summed E-state index contributed by atoms with van der Waals surface area (Å²) in [6.45, 7) is 4.51. The Hall–Kier alpha value is -3.36. The lowest BCUT2D eigenvalue weighted by molar-refractivity contribution is -0.117. The van der Waals surface area contributed by atoms with Gasteiger partial charge in [-0.05, 0) is 25.0 Å². The van der Waals surface area contributed by atoms with Crippen molar-refractivity contribution in [3.8, 4) is 5.75 Å². The van der Waals surface area contributed by atoms with E-state index in [0.29, 0.717) is 30.2 Å². The Bertz CT molecular complexity index is 1240. The maximum atomic E-state index is 13.1. The van der Waals surface area contributed by atoms with E-state index in [9.17, 15) is 14.4 Å². The Balaban J connectivity index is 1.99. The van der Waals surface area contributed by atoms with Gasteiger partial charge in [0.2, 0.25) is 5.95 Å². The van der Waals surface area contributed by atoms with Gasteiger partial charge < -0.3 is 14.2 Å². The zero-order valence-electron chi connectivity index (χ0n) is 16.9. The van der Waals surface area contributed by atoms with Crippen LogP contribution in [0.15, 0.2) is 33.9 Å². The van der Waals surface area contributed by atoms with Crippen molar-refractivity contribution in [3.63, 3.8) is 0 Å². The minimum atomic E-state index is -0.547. The molecule has 0 saturated heterocycles. The second-order valence-corrected chi connectivity index (χ2v) is 7.55. The Morgan fingerprint density at radius 2 is 2.03 bits per heavy atom. The average Bonchev–Trinajstić information content (AvgIpc) is 3.08. The standard InChI is InChI=1S/C20H23N5O4/c1-12-9-23(14-6-5-7-15(8-14)29-4)19-21-17-16(24(19)10-12)18(27)25(11-13(2)26)20(28)22(17)3/h5-8,12H,9-11H2,1-4H3/t12-/m1/s1. The van der Waals surface area contributed by atoms with Crippen molar-refractivity contribution in [2.75, 3.05) is 18.6 Å². The van der Waals surface area contributed by atoms with Crippen molar-refractivity contribution >= 4 is 28.6 Å². The van der Waals surface area contributed by atoms with Gasteiger partial charge in [0.05, 0.1) is 13.7 Å². The predicted octanol–water partition coefficient (Wildman–Crippen LogP) is 1.28. The first-order valence-electron chi connectivity index (χ1n) is 9.43. The van der Waals surface area contributed by atoms with E-state index in [2.05, 4.69) is 11.9 Å². The van der Waals surface area contributed by atoms with Crippen LogP contribution < -0.4 is 20.9 Å². The van der Waals surface area contributed by atoms with E-state index in [0.717, 1.165) is 16.0 Å². The molecule has 1 atom stereocenters. The van der Waals surface area contributed by atoms with Crippen LogP contribution in [0.3, 0.4) is 0 Å². The summed E-state index contributed by atoms with van der Waals surface area (Å²) in [5.41, 5.74) is 0.506. The third kappa shape index (κ3) is 3.02. The molecule has 9 heteroatoms. The molecule has 1 aliphatic rings. The number of methoxy groups -OCH3 is 1. The fraction of sp³-hybridized carbons (Fsp3) is 0.400. The van der Waals surface area contributed by atoms with Crippen molar-refractivity contribution < 1.29 is 9.53 Å². The highest BCUT2D eigenvalue weighted by molar-refractivity contribution is 5.78. The zero-order chi connectivity index (χ0) is 20.9. The van der Waals surface area contributed by atoms with Crippen LogP contribution in [0.1, 0.15) is 13.8 Å². The van der Waals surface area contributed by atoms with Crippen LogP contribution in [-0.4, -0.2) is 38.1 Å². The number of fused-ring (bicyclic) bond motifs is 3. The third-order valence-electron chi connectivity index (χ3n) is 5.19. The lowest BCUT2D eigenvalue weighted by Gasteiger charge is -2.33. The lowest BCUT2D eigenvalue weighted by atomic mass is 10.1. The molecule has 0 fully saturated rings. The van der Waals surface area contributed by atoms with Crippen LogP contribution in [0.25, 0.3) is 11.2 Å². The van der Waals surface area contributed by atoms with Crippen LogP contribution in [-0.2, 0) is 24.9 Å². The smallest absolute Gasteiger partial charge is 0.332 e. The second-order valence-electron chi connectivity index (χ2n) is 7.55. The van der Waals surface area contributed by atoms with E-state index >= 15 is 0 Å². The van der Waals surface area contributed by atoms with Crippen molar-refractivity contribution in [1.29, 1.82) is 0 Å². The van der Waals surface area contributed by atoms with Gasteiger partial charge in [0, 0.05) is 31.9 Å². The number of aromatic nitrogens is 4. The quantitative estimate of drug-likeness (QED) is 0.659. The Kier molecular flexibility index (Phi) is 4.52. The highest BCUT2D eigenvalue weighted by Gasteiger charge is 2.30. The van der Waals surface area contributed by atoms with Crippen LogP contribution in [0, 0.1) is 5.92 Å². The number of nitrogens with zero attached hydrogens (tertiary/aromatic N) is 5. The van der Waals surface area contributed by atoms with Gasteiger partial charge in [0.1, 0.15) is 11.5 Å². The number of anilines is 2. The molecule has 0 amide bonds. The van der Waals surface area contributed by atoms with Crippen molar-refractivity contribution in [2.45, 2.75) is 26.9 Å². The Morgan fingerprint density at radius 3 is 2.72 bits per heavy atom. The number of hydrogen-bond donors (Lipinski definition) is 0. The molecule has 1 aliphatic heterocycles. The predicted molar refractivity (Wildman–Crippen MR) is 109 cm³/mol. The van der Waals surface area contributed by atoms with E-state index in [-0.39, 0.29) is 18.2 Å². The number of hydrogen-bond acceptors (Lipinski definition) is 6. The molecule has 0 bridgehead atoms. The number of Topliss-reactive ketones (excluding diaryl/α,β-unsaturated/α-hetero) is 1. The zero-order valence-corrected chi connectivity index (χ0v) is 16.9. The molecular weight excluding hydrogens is 374 g/mol. The summed E-state index contributed by atoms with van der Waals surface area (Å²) in [6, 6.07) is 7.63. The molecule has 4 rings (SSSR count). The van der Waals surface area contributed by atoms with Gasteiger partial charge in [-0.2, -0.15) is 4.98 Å². The molecular formula is C20H23N5O4. The van der Waals surface area contributed by atoms with Gasteiger partial charge in [0.15, 0.2) is 11.2 Å². The number of rotatable bonds is 4. The number of benzene rings is 1. The normalized spacial score (nSPS) is 16.1. The van der Waals surface area contributed by atoms with Crippen molar-refractivity contribution in [2.24, 2.45) is 13.0 Å². The first kappa shape index (κ1) is 19.0. The largest absolute Gasteiger partial charge is 0.497 e. The monoisotopic (exact) mass is 397 g/mol. The molecule has 3 aromatic rings. The molecule has 2 aromatic heterocycles. The maximum Gasteiger partial charge on any atom is 0.332 e. The van der Waals surface area contributed by atoms with Gasteiger partial charge in [-0.3, -0.25) is 18.7 Å². The molecule has 0 N–H and O–H groups in total. The molecule has 0 aliphatic carbocycles. The van der Waals surface area contributed by atoms with E-state index < -0.39 is 11.2 Å². The lowest BCUT2D eigenvalue weighted by Crippen LogP contribution is -2.41. The van der Waals surface area contributed by atoms with Gasteiger partial charge in [-0.15, -0.1) is 0 Å². The van der Waals surface area contributed by atoms with Gasteiger partial charge in [0.25, 0.3) is 5.56 Å². The first-order chi connectivity index (χ1) is 13.8. The molecule has 0 spiro atoms. The van der Waals surface area contributed by atoms with E-state index in [1.165, 1.54) is 11.5 Å². The summed E-state index contributed by atoms with van der Waals surface area (Å²) in [4.78, 5) is 44.0. The van der Waals surface area contributed by atoms with Crippen LogP contribution in [0.5, 0.6) is 5.75 Å².